The number of para-hydroxylation sites is 2. The number of thiazole rings is 1. The van der Waals surface area contributed by atoms with Crippen LogP contribution in [0.2, 0.25) is 0 Å². The van der Waals surface area contributed by atoms with Crippen LogP contribution in [-0.2, 0) is 0 Å². The zero-order valence-electron chi connectivity index (χ0n) is 11.8. The number of benzene rings is 2. The van der Waals surface area contributed by atoms with Crippen molar-refractivity contribution in [3.63, 3.8) is 0 Å². The van der Waals surface area contributed by atoms with Crippen molar-refractivity contribution in [2.75, 3.05) is 7.11 Å². The number of nitrogens with zero attached hydrogens (tertiary/aromatic N) is 2. The third-order valence-electron chi connectivity index (χ3n) is 3.70. The molecule has 0 unspecified atom stereocenters. The molecule has 4 aromatic rings. The summed E-state index contributed by atoms with van der Waals surface area (Å²) in [5.41, 5.74) is 4.48. The molecule has 0 aliphatic rings. The van der Waals surface area contributed by atoms with Crippen LogP contribution in [0.25, 0.3) is 26.4 Å². The van der Waals surface area contributed by atoms with Gasteiger partial charge in [0.1, 0.15) is 5.75 Å². The number of aromatic nitrogens is 2. The minimum absolute atomic E-state index is 0.851. The van der Waals surface area contributed by atoms with Crippen molar-refractivity contribution in [3.8, 4) is 17.0 Å². The van der Waals surface area contributed by atoms with Crippen LogP contribution in [0, 0.1) is 6.92 Å². The standard InChI is InChI=1S/C17H14N2OS/c1-11-6-5-9-15-16(11)19-10-13(18-17(19)21-15)12-7-3-4-8-14(12)20-2/h3-10H,1-2H3. The number of ether oxygens (including phenoxy) is 1. The smallest absolute Gasteiger partial charge is 0.195 e. The molecule has 21 heavy (non-hydrogen) atoms. The lowest BCUT2D eigenvalue weighted by atomic mass is 10.1. The zero-order chi connectivity index (χ0) is 14.4. The second kappa shape index (κ2) is 4.60. The van der Waals surface area contributed by atoms with Crippen molar-refractivity contribution in [1.82, 2.24) is 9.38 Å². The molecule has 4 rings (SSSR count). The van der Waals surface area contributed by atoms with Crippen LogP contribution in [-0.4, -0.2) is 16.5 Å². The Morgan fingerprint density at radius 1 is 1.10 bits per heavy atom. The third kappa shape index (κ3) is 1.83. The second-order valence-electron chi connectivity index (χ2n) is 5.00. The molecule has 2 aromatic heterocycles. The molecule has 0 amide bonds. The predicted molar refractivity (Wildman–Crippen MR) is 87.3 cm³/mol. The number of aryl methyl sites for hydroxylation is 1. The summed E-state index contributed by atoms with van der Waals surface area (Å²) in [6.45, 7) is 2.14. The SMILES string of the molecule is COc1ccccc1-c1cn2c(n1)sc1cccc(C)c12. The van der Waals surface area contributed by atoms with Gasteiger partial charge < -0.3 is 4.74 Å². The first kappa shape index (κ1) is 12.4. The van der Waals surface area contributed by atoms with Crippen LogP contribution in [0.4, 0.5) is 0 Å². The summed E-state index contributed by atoms with van der Waals surface area (Å²) >= 11 is 1.72. The molecule has 2 aromatic carbocycles. The van der Waals surface area contributed by atoms with Crippen LogP contribution in [0.1, 0.15) is 5.56 Å². The van der Waals surface area contributed by atoms with E-state index in [9.17, 15) is 0 Å². The molecule has 0 N–H and O–H groups in total. The van der Waals surface area contributed by atoms with Gasteiger partial charge in [-0.3, -0.25) is 4.40 Å². The average Bonchev–Trinajstić information content (AvgIpc) is 3.04. The van der Waals surface area contributed by atoms with E-state index in [-0.39, 0.29) is 0 Å². The molecular weight excluding hydrogens is 280 g/mol. The summed E-state index contributed by atoms with van der Waals surface area (Å²) < 4.78 is 8.88. The van der Waals surface area contributed by atoms with Gasteiger partial charge in [-0.05, 0) is 30.7 Å². The molecule has 104 valence electrons. The molecule has 0 spiro atoms. The molecule has 3 nitrogen and oxygen atoms in total. The first-order valence-corrected chi connectivity index (χ1v) is 7.60. The van der Waals surface area contributed by atoms with Gasteiger partial charge in [0.2, 0.25) is 0 Å². The van der Waals surface area contributed by atoms with E-state index in [1.807, 2.05) is 24.3 Å². The fraction of sp³-hybridized carbons (Fsp3) is 0.118. The summed E-state index contributed by atoms with van der Waals surface area (Å²) in [5.74, 6) is 0.851. The van der Waals surface area contributed by atoms with E-state index in [0.29, 0.717) is 0 Å². The minimum atomic E-state index is 0.851. The summed E-state index contributed by atoms with van der Waals surface area (Å²) in [6, 6.07) is 14.4. The van der Waals surface area contributed by atoms with Crippen molar-refractivity contribution in [2.45, 2.75) is 6.92 Å². The Morgan fingerprint density at radius 3 is 2.81 bits per heavy atom. The van der Waals surface area contributed by atoms with Crippen LogP contribution in [0.3, 0.4) is 0 Å². The number of imidazole rings is 1. The maximum absolute atomic E-state index is 5.44. The fourth-order valence-corrected chi connectivity index (χ4v) is 3.79. The van der Waals surface area contributed by atoms with Crippen LogP contribution >= 0.6 is 11.3 Å². The van der Waals surface area contributed by atoms with E-state index in [2.05, 4.69) is 35.7 Å². The number of rotatable bonds is 2. The van der Waals surface area contributed by atoms with Crippen molar-refractivity contribution in [3.05, 3.63) is 54.2 Å². The highest BCUT2D eigenvalue weighted by Gasteiger charge is 2.13. The van der Waals surface area contributed by atoms with Crippen molar-refractivity contribution in [1.29, 1.82) is 0 Å². The Morgan fingerprint density at radius 2 is 1.95 bits per heavy atom. The highest BCUT2D eigenvalue weighted by atomic mass is 32.1. The summed E-state index contributed by atoms with van der Waals surface area (Å²) in [7, 11) is 1.69. The van der Waals surface area contributed by atoms with Crippen molar-refractivity contribution < 1.29 is 4.74 Å². The van der Waals surface area contributed by atoms with Gasteiger partial charge in [0.25, 0.3) is 0 Å². The molecule has 2 heterocycles. The van der Waals surface area contributed by atoms with Gasteiger partial charge in [0, 0.05) is 11.8 Å². The zero-order valence-corrected chi connectivity index (χ0v) is 12.6. The highest BCUT2D eigenvalue weighted by molar-refractivity contribution is 7.23. The maximum atomic E-state index is 5.44. The van der Waals surface area contributed by atoms with E-state index >= 15 is 0 Å². The maximum Gasteiger partial charge on any atom is 0.195 e. The highest BCUT2D eigenvalue weighted by Crippen LogP contribution is 2.34. The Labute approximate surface area is 126 Å². The monoisotopic (exact) mass is 294 g/mol. The number of fused-ring (bicyclic) bond motifs is 3. The summed E-state index contributed by atoms with van der Waals surface area (Å²) in [5, 5.41) is 0. The van der Waals surface area contributed by atoms with Crippen LogP contribution in [0.15, 0.2) is 48.7 Å². The Hall–Kier alpha value is -2.33. The summed E-state index contributed by atoms with van der Waals surface area (Å²) in [6.07, 6.45) is 2.10. The average molecular weight is 294 g/mol. The van der Waals surface area contributed by atoms with Gasteiger partial charge in [0.15, 0.2) is 4.96 Å². The number of methoxy groups -OCH3 is 1. The molecule has 0 atom stereocenters. The molecule has 0 saturated heterocycles. The van der Waals surface area contributed by atoms with Gasteiger partial charge in [-0.2, -0.15) is 0 Å². The minimum Gasteiger partial charge on any atom is -0.496 e. The quantitative estimate of drug-likeness (QED) is 0.543. The van der Waals surface area contributed by atoms with E-state index in [0.717, 1.165) is 22.0 Å². The molecular formula is C17H14N2OS. The van der Waals surface area contributed by atoms with Crippen molar-refractivity contribution in [2.24, 2.45) is 0 Å². The van der Waals surface area contributed by atoms with Crippen molar-refractivity contribution >= 4 is 26.5 Å². The first-order chi connectivity index (χ1) is 10.3. The Kier molecular flexibility index (Phi) is 2.72. The molecule has 0 aliphatic heterocycles. The van der Waals surface area contributed by atoms with Gasteiger partial charge in [-0.25, -0.2) is 4.98 Å². The lowest BCUT2D eigenvalue weighted by Gasteiger charge is -2.04. The van der Waals surface area contributed by atoms with Gasteiger partial charge in [-0.1, -0.05) is 35.6 Å². The Balaban J connectivity index is 2.00. The lowest BCUT2D eigenvalue weighted by Crippen LogP contribution is -1.87. The third-order valence-corrected chi connectivity index (χ3v) is 4.72. The van der Waals surface area contributed by atoms with E-state index in [1.54, 1.807) is 18.4 Å². The lowest BCUT2D eigenvalue weighted by molar-refractivity contribution is 0.416. The van der Waals surface area contributed by atoms with E-state index < -0.39 is 0 Å². The second-order valence-corrected chi connectivity index (χ2v) is 6.01. The van der Waals surface area contributed by atoms with E-state index in [4.69, 9.17) is 9.72 Å². The predicted octanol–water partition coefficient (Wildman–Crippen LogP) is 4.53. The molecule has 0 radical (unpaired) electrons. The van der Waals surface area contributed by atoms with Gasteiger partial charge in [0.05, 0.1) is 23.0 Å². The number of hydrogen-bond acceptors (Lipinski definition) is 3. The van der Waals surface area contributed by atoms with Crippen LogP contribution < -0.4 is 4.74 Å². The molecule has 0 aliphatic carbocycles. The largest absolute Gasteiger partial charge is 0.496 e. The normalized spacial score (nSPS) is 11.3. The first-order valence-electron chi connectivity index (χ1n) is 6.78. The summed E-state index contributed by atoms with van der Waals surface area (Å²) in [4.78, 5) is 5.79. The Bertz CT molecular complexity index is 952. The number of hydrogen-bond donors (Lipinski definition) is 0. The molecule has 0 bridgehead atoms. The topological polar surface area (TPSA) is 26.5 Å². The van der Waals surface area contributed by atoms with Gasteiger partial charge >= 0.3 is 0 Å². The van der Waals surface area contributed by atoms with E-state index in [1.165, 1.54) is 15.8 Å². The van der Waals surface area contributed by atoms with Crippen LogP contribution in [0.5, 0.6) is 5.75 Å². The fourth-order valence-electron chi connectivity index (χ4n) is 2.70. The van der Waals surface area contributed by atoms with Gasteiger partial charge in [-0.15, -0.1) is 0 Å². The molecule has 4 heteroatoms. The molecule has 0 saturated carbocycles. The molecule has 0 fully saturated rings.